The lowest BCUT2D eigenvalue weighted by Crippen LogP contribution is -2.07. The first-order valence-electron chi connectivity index (χ1n) is 11.9. The number of carboxylic acid groups (broad SMARTS) is 1. The maximum Gasteiger partial charge on any atom is 0.304 e. The van der Waals surface area contributed by atoms with Gasteiger partial charge in [-0.25, -0.2) is 4.39 Å². The molecule has 0 fully saturated rings. The first-order valence-corrected chi connectivity index (χ1v) is 11.9. The summed E-state index contributed by atoms with van der Waals surface area (Å²) in [6.45, 7) is 2.32. The van der Waals surface area contributed by atoms with Gasteiger partial charge in [-0.15, -0.1) is 0 Å². The van der Waals surface area contributed by atoms with E-state index >= 15 is 4.39 Å². The molecule has 0 spiro atoms. The van der Waals surface area contributed by atoms with Crippen LogP contribution >= 0.6 is 0 Å². The molecule has 0 bridgehead atoms. The second kappa shape index (κ2) is 8.55. The highest BCUT2D eigenvalue weighted by Crippen LogP contribution is 2.45. The van der Waals surface area contributed by atoms with Gasteiger partial charge in [0.15, 0.2) is 0 Å². The van der Waals surface area contributed by atoms with Gasteiger partial charge in [0.25, 0.3) is 0 Å². The van der Waals surface area contributed by atoms with Crippen molar-refractivity contribution < 1.29 is 28.5 Å². The lowest BCUT2D eigenvalue weighted by Gasteiger charge is -2.18. The van der Waals surface area contributed by atoms with Crippen LogP contribution in [-0.4, -0.2) is 27.5 Å². The normalized spacial score (nSPS) is 18.1. The molecule has 184 valence electrons. The maximum atomic E-state index is 15.0. The van der Waals surface area contributed by atoms with Gasteiger partial charge in [-0.2, -0.15) is 5.10 Å². The Kier molecular flexibility index (Phi) is 5.32. The zero-order valence-electron chi connectivity index (χ0n) is 20.0. The summed E-state index contributed by atoms with van der Waals surface area (Å²) in [7, 11) is 1.90. The number of carboxylic acids is 1. The van der Waals surface area contributed by atoms with Gasteiger partial charge in [-0.3, -0.25) is 9.48 Å². The van der Waals surface area contributed by atoms with Crippen molar-refractivity contribution in [3.63, 3.8) is 0 Å². The van der Waals surface area contributed by atoms with E-state index in [2.05, 4.69) is 5.10 Å². The van der Waals surface area contributed by atoms with Crippen molar-refractivity contribution in [2.75, 3.05) is 6.61 Å². The molecule has 8 heteroatoms. The van der Waals surface area contributed by atoms with Crippen molar-refractivity contribution in [1.29, 1.82) is 0 Å². The molecule has 4 aromatic rings. The van der Waals surface area contributed by atoms with Crippen molar-refractivity contribution in [3.8, 4) is 23.0 Å². The highest BCUT2D eigenvalue weighted by Gasteiger charge is 2.32. The largest absolute Gasteiger partial charge is 0.492 e. The minimum absolute atomic E-state index is 0.0182. The number of aryl methyl sites for hydroxylation is 2. The molecule has 7 nitrogen and oxygen atoms in total. The quantitative estimate of drug-likeness (QED) is 0.368. The van der Waals surface area contributed by atoms with E-state index in [1.807, 2.05) is 43.0 Å². The Morgan fingerprint density at radius 2 is 2.06 bits per heavy atom. The van der Waals surface area contributed by atoms with Crippen LogP contribution in [0, 0.1) is 12.7 Å². The predicted molar refractivity (Wildman–Crippen MR) is 131 cm³/mol. The summed E-state index contributed by atoms with van der Waals surface area (Å²) >= 11 is 0. The van der Waals surface area contributed by atoms with Crippen molar-refractivity contribution >= 4 is 16.9 Å². The number of ether oxygens (including phenoxy) is 3. The van der Waals surface area contributed by atoms with E-state index in [0.29, 0.717) is 48.0 Å². The van der Waals surface area contributed by atoms with Crippen LogP contribution < -0.4 is 14.2 Å². The molecule has 2 atom stereocenters. The summed E-state index contributed by atoms with van der Waals surface area (Å²) in [5, 5.41) is 14.4. The monoisotopic (exact) mass is 488 g/mol. The molecule has 0 unspecified atom stereocenters. The second-order valence-electron chi connectivity index (χ2n) is 9.38. The number of hydrogen-bond acceptors (Lipinski definition) is 5. The third-order valence-electron chi connectivity index (χ3n) is 7.17. The van der Waals surface area contributed by atoms with Gasteiger partial charge in [0.1, 0.15) is 34.9 Å². The fraction of sp³-hybridized carbons (Fsp3) is 0.286. The van der Waals surface area contributed by atoms with Gasteiger partial charge in [0.2, 0.25) is 0 Å². The summed E-state index contributed by atoms with van der Waals surface area (Å²) in [5.74, 6) is 1.16. The van der Waals surface area contributed by atoms with E-state index in [-0.39, 0.29) is 18.2 Å². The molecule has 2 heterocycles. The van der Waals surface area contributed by atoms with Gasteiger partial charge in [0, 0.05) is 46.7 Å². The molecular weight excluding hydrogens is 463 g/mol. The lowest BCUT2D eigenvalue weighted by molar-refractivity contribution is -0.137. The maximum absolute atomic E-state index is 15.0. The minimum Gasteiger partial charge on any atom is -0.492 e. The SMILES string of the molecule is Cc1c(Oc2ccc(F)c3c2CC[C@H]3Oc2ccc3c(c2)OC[C@H]3CC(=O)O)ccc2c1cnn2C. The molecule has 3 aromatic carbocycles. The Bertz CT molecular complexity index is 1510. The van der Waals surface area contributed by atoms with Crippen LogP contribution in [0.2, 0.25) is 0 Å². The van der Waals surface area contributed by atoms with Gasteiger partial charge >= 0.3 is 5.97 Å². The zero-order chi connectivity index (χ0) is 25.0. The van der Waals surface area contributed by atoms with Gasteiger partial charge in [-0.1, -0.05) is 6.07 Å². The highest BCUT2D eigenvalue weighted by atomic mass is 19.1. The molecule has 0 amide bonds. The topological polar surface area (TPSA) is 82.8 Å². The van der Waals surface area contributed by atoms with Crippen LogP contribution in [0.4, 0.5) is 4.39 Å². The predicted octanol–water partition coefficient (Wildman–Crippen LogP) is 5.83. The zero-order valence-corrected chi connectivity index (χ0v) is 20.0. The number of carbonyl (C=O) groups is 1. The van der Waals surface area contributed by atoms with Crippen LogP contribution in [0.1, 0.15) is 47.1 Å². The van der Waals surface area contributed by atoms with E-state index in [1.165, 1.54) is 6.07 Å². The Morgan fingerprint density at radius 3 is 2.89 bits per heavy atom. The van der Waals surface area contributed by atoms with Crippen molar-refractivity contribution in [2.24, 2.45) is 7.05 Å². The van der Waals surface area contributed by atoms with Crippen LogP contribution in [0.25, 0.3) is 10.9 Å². The average Bonchev–Trinajstić information content (AvgIpc) is 3.55. The van der Waals surface area contributed by atoms with E-state index < -0.39 is 12.1 Å². The summed E-state index contributed by atoms with van der Waals surface area (Å²) < 4.78 is 35.0. The number of fused-ring (bicyclic) bond motifs is 3. The molecule has 0 radical (unpaired) electrons. The molecule has 0 saturated carbocycles. The Labute approximate surface area is 207 Å². The number of benzene rings is 3. The molecular formula is C28H25FN2O5. The lowest BCUT2D eigenvalue weighted by atomic mass is 9.98. The Hall–Kier alpha value is -4.07. The third-order valence-corrected chi connectivity index (χ3v) is 7.17. The number of nitrogens with zero attached hydrogens (tertiary/aromatic N) is 2. The molecule has 1 aromatic heterocycles. The van der Waals surface area contributed by atoms with Gasteiger partial charge < -0.3 is 19.3 Å². The van der Waals surface area contributed by atoms with Gasteiger partial charge in [-0.05, 0) is 50.1 Å². The van der Waals surface area contributed by atoms with Crippen LogP contribution in [0.3, 0.4) is 0 Å². The first-order chi connectivity index (χ1) is 17.4. The van der Waals surface area contributed by atoms with Gasteiger partial charge in [0.05, 0.1) is 24.7 Å². The third kappa shape index (κ3) is 3.73. The highest BCUT2D eigenvalue weighted by molar-refractivity contribution is 5.84. The Balaban J connectivity index is 1.26. The minimum atomic E-state index is -0.858. The number of hydrogen-bond donors (Lipinski definition) is 1. The smallest absolute Gasteiger partial charge is 0.304 e. The summed E-state index contributed by atoms with van der Waals surface area (Å²) in [6, 6.07) is 12.4. The van der Waals surface area contributed by atoms with E-state index in [9.17, 15) is 4.79 Å². The molecule has 1 aliphatic carbocycles. The van der Waals surface area contributed by atoms with E-state index in [0.717, 1.165) is 27.6 Å². The van der Waals surface area contributed by atoms with Crippen LogP contribution in [0.15, 0.2) is 48.7 Å². The molecule has 1 aliphatic heterocycles. The Morgan fingerprint density at radius 1 is 1.22 bits per heavy atom. The second-order valence-corrected chi connectivity index (χ2v) is 9.38. The standard InChI is InChI=1S/C28H25FN2O5/c1-15-20-13-30-31(2)22(20)7-10-23(15)36-24-9-6-21(29)28-19(24)5-8-25(28)35-17-3-4-18-16(11-27(32)33)14-34-26(18)12-17/h3-4,6-7,9-10,12-13,16,25H,5,8,11,14H2,1-2H3,(H,32,33)/t16-,25-/m1/s1. The average molecular weight is 489 g/mol. The summed E-state index contributed by atoms with van der Waals surface area (Å²) in [5.41, 5.74) is 4.18. The fourth-order valence-corrected chi connectivity index (χ4v) is 5.30. The van der Waals surface area contributed by atoms with Crippen molar-refractivity contribution in [1.82, 2.24) is 9.78 Å². The van der Waals surface area contributed by atoms with E-state index in [4.69, 9.17) is 19.3 Å². The number of aromatic nitrogens is 2. The molecule has 1 N–H and O–H groups in total. The summed E-state index contributed by atoms with van der Waals surface area (Å²) in [6.07, 6.45) is 2.63. The number of halogens is 1. The first kappa shape index (κ1) is 22.4. The van der Waals surface area contributed by atoms with E-state index in [1.54, 1.807) is 18.2 Å². The molecule has 36 heavy (non-hydrogen) atoms. The molecule has 2 aliphatic rings. The van der Waals surface area contributed by atoms with Crippen molar-refractivity contribution in [2.45, 2.75) is 38.2 Å². The van der Waals surface area contributed by atoms with Crippen molar-refractivity contribution in [3.05, 3.63) is 76.7 Å². The molecule has 0 saturated heterocycles. The number of aliphatic carboxylic acids is 1. The summed E-state index contributed by atoms with van der Waals surface area (Å²) in [4.78, 5) is 11.1. The van der Waals surface area contributed by atoms with Crippen LogP contribution in [-0.2, 0) is 18.3 Å². The fourth-order valence-electron chi connectivity index (χ4n) is 5.30. The molecule has 6 rings (SSSR count). The number of rotatable bonds is 6. The van der Waals surface area contributed by atoms with Crippen LogP contribution in [0.5, 0.6) is 23.0 Å².